The molecule has 0 amide bonds. The second-order valence-corrected chi connectivity index (χ2v) is 2.35. The number of hydrogen-bond acceptors (Lipinski definition) is 5. The topological polar surface area (TPSA) is 59.0 Å². The minimum atomic E-state index is -0.508. The van der Waals surface area contributed by atoms with Crippen LogP contribution in [0.25, 0.3) is 0 Å². The zero-order valence-electron chi connectivity index (χ0n) is 7.90. The van der Waals surface area contributed by atoms with Crippen molar-refractivity contribution in [3.8, 4) is 0 Å². The number of ether oxygens (including phenoxy) is 1. The number of carbonyl (C=O) groups excluding carboxylic acids is 2. The lowest BCUT2D eigenvalue weighted by molar-refractivity contribution is -0.140. The molecule has 72 valence electrons. The Hall–Kier alpha value is -1.61. The number of esters is 1. The Kier molecular flexibility index (Phi) is 5.23. The minimum Gasteiger partial charge on any atom is -0.461 e. The van der Waals surface area contributed by atoms with Crippen LogP contribution < -0.4 is 0 Å². The van der Waals surface area contributed by atoms with Gasteiger partial charge in [-0.05, 0) is 6.92 Å². The lowest BCUT2D eigenvalue weighted by Gasteiger charge is -2.13. The van der Waals surface area contributed by atoms with Crippen LogP contribution in [-0.2, 0) is 14.3 Å². The first-order chi connectivity index (χ1) is 6.13. The molecule has 0 aromatic rings. The molecule has 0 spiro atoms. The van der Waals surface area contributed by atoms with E-state index in [0.29, 0.717) is 0 Å². The Bertz CT molecular complexity index is 252. The molecule has 13 heavy (non-hydrogen) atoms. The number of isocyanates is 1. The minimum absolute atomic E-state index is 0.213. The summed E-state index contributed by atoms with van der Waals surface area (Å²) in [6, 6.07) is 0. The van der Waals surface area contributed by atoms with Gasteiger partial charge in [-0.1, -0.05) is 0 Å². The molecule has 5 nitrogen and oxygen atoms in total. The fraction of sp³-hybridized carbons (Fsp3) is 0.500. The SMILES string of the molecule is CCOC(=O)/C(=C\N=C=O)N(C)C. The Labute approximate surface area is 76.7 Å². The Morgan fingerprint density at radius 3 is 2.62 bits per heavy atom. The predicted molar refractivity (Wildman–Crippen MR) is 46.5 cm³/mol. The fourth-order valence-electron chi connectivity index (χ4n) is 0.643. The van der Waals surface area contributed by atoms with Gasteiger partial charge in [-0.3, -0.25) is 0 Å². The lowest BCUT2D eigenvalue weighted by Crippen LogP contribution is -2.21. The van der Waals surface area contributed by atoms with Crippen LogP contribution in [0.5, 0.6) is 0 Å². The van der Waals surface area contributed by atoms with Gasteiger partial charge in [0, 0.05) is 14.1 Å². The van der Waals surface area contributed by atoms with E-state index in [4.69, 9.17) is 4.74 Å². The summed E-state index contributed by atoms with van der Waals surface area (Å²) in [5, 5.41) is 0. The maximum Gasteiger partial charge on any atom is 0.356 e. The molecule has 0 unspecified atom stereocenters. The van der Waals surface area contributed by atoms with E-state index < -0.39 is 5.97 Å². The van der Waals surface area contributed by atoms with Crippen LogP contribution in [0.2, 0.25) is 0 Å². The molecule has 0 aliphatic heterocycles. The third-order valence-electron chi connectivity index (χ3n) is 1.21. The van der Waals surface area contributed by atoms with Crippen molar-refractivity contribution >= 4 is 12.0 Å². The van der Waals surface area contributed by atoms with Gasteiger partial charge in [0.05, 0.1) is 12.8 Å². The largest absolute Gasteiger partial charge is 0.461 e. The van der Waals surface area contributed by atoms with Crippen molar-refractivity contribution in [2.75, 3.05) is 20.7 Å². The normalized spacial score (nSPS) is 10.2. The standard InChI is InChI=1S/C8H12N2O3/c1-4-13-8(12)7(10(2)3)5-9-6-11/h5H,4H2,1-3H3/b7-5+. The molecular formula is C8H12N2O3. The highest BCUT2D eigenvalue weighted by Crippen LogP contribution is 2.01. The average molecular weight is 184 g/mol. The molecule has 0 radical (unpaired) electrons. The van der Waals surface area contributed by atoms with E-state index in [1.54, 1.807) is 21.0 Å². The first kappa shape index (κ1) is 11.4. The van der Waals surface area contributed by atoms with Gasteiger partial charge < -0.3 is 9.64 Å². The molecule has 0 aromatic carbocycles. The zero-order chi connectivity index (χ0) is 10.3. The molecule has 0 aliphatic rings. The highest BCUT2D eigenvalue weighted by atomic mass is 16.5. The van der Waals surface area contributed by atoms with Crippen LogP contribution in [0.1, 0.15) is 6.92 Å². The van der Waals surface area contributed by atoms with E-state index in [-0.39, 0.29) is 12.3 Å². The molecule has 0 fully saturated rings. The van der Waals surface area contributed by atoms with Crippen LogP contribution in [-0.4, -0.2) is 37.7 Å². The summed E-state index contributed by atoms with van der Waals surface area (Å²) in [5.41, 5.74) is 0.213. The van der Waals surface area contributed by atoms with E-state index in [9.17, 15) is 9.59 Å². The molecule has 0 N–H and O–H groups in total. The van der Waals surface area contributed by atoms with Gasteiger partial charge in [-0.2, -0.15) is 4.99 Å². The first-order valence-electron chi connectivity index (χ1n) is 3.75. The van der Waals surface area contributed by atoms with Gasteiger partial charge in [0.1, 0.15) is 5.70 Å². The average Bonchev–Trinajstić information content (AvgIpc) is 2.05. The number of likely N-dealkylation sites (N-methyl/N-ethyl adjacent to an activating group) is 1. The van der Waals surface area contributed by atoms with Gasteiger partial charge in [-0.15, -0.1) is 0 Å². The van der Waals surface area contributed by atoms with Gasteiger partial charge >= 0.3 is 5.97 Å². The molecule has 0 aliphatic carbocycles. The van der Waals surface area contributed by atoms with Gasteiger partial charge in [0.15, 0.2) is 0 Å². The van der Waals surface area contributed by atoms with Crippen LogP contribution in [0.3, 0.4) is 0 Å². The van der Waals surface area contributed by atoms with Crippen LogP contribution >= 0.6 is 0 Å². The fourth-order valence-corrected chi connectivity index (χ4v) is 0.643. The van der Waals surface area contributed by atoms with E-state index in [0.717, 1.165) is 6.20 Å². The lowest BCUT2D eigenvalue weighted by atomic mass is 10.4. The van der Waals surface area contributed by atoms with E-state index >= 15 is 0 Å². The molecule has 0 atom stereocenters. The maximum atomic E-state index is 11.2. The summed E-state index contributed by atoms with van der Waals surface area (Å²) in [4.78, 5) is 25.7. The van der Waals surface area contributed by atoms with E-state index in [1.807, 2.05) is 0 Å². The molecule has 0 saturated heterocycles. The molecule has 5 heteroatoms. The number of aliphatic imine (C=N–C) groups is 1. The molecule has 0 aromatic heterocycles. The van der Waals surface area contributed by atoms with Crippen molar-refractivity contribution in [3.63, 3.8) is 0 Å². The third kappa shape index (κ3) is 4.08. The van der Waals surface area contributed by atoms with Crippen molar-refractivity contribution < 1.29 is 14.3 Å². The smallest absolute Gasteiger partial charge is 0.356 e. The summed E-state index contributed by atoms with van der Waals surface area (Å²) in [6.07, 6.45) is 2.43. The van der Waals surface area contributed by atoms with Crippen molar-refractivity contribution in [1.29, 1.82) is 0 Å². The van der Waals surface area contributed by atoms with Crippen molar-refractivity contribution in [3.05, 3.63) is 11.9 Å². The second-order valence-electron chi connectivity index (χ2n) is 2.35. The van der Waals surface area contributed by atoms with Gasteiger partial charge in [-0.25, -0.2) is 9.59 Å². The van der Waals surface area contributed by atoms with Gasteiger partial charge in [0.25, 0.3) is 0 Å². The molecule has 0 saturated carbocycles. The van der Waals surface area contributed by atoms with Crippen molar-refractivity contribution in [2.24, 2.45) is 4.99 Å². The van der Waals surface area contributed by atoms with Crippen LogP contribution in [0.15, 0.2) is 16.9 Å². The van der Waals surface area contributed by atoms with E-state index in [2.05, 4.69) is 4.99 Å². The molecular weight excluding hydrogens is 172 g/mol. The van der Waals surface area contributed by atoms with Gasteiger partial charge in [0.2, 0.25) is 6.08 Å². The number of hydrogen-bond donors (Lipinski definition) is 0. The van der Waals surface area contributed by atoms with Crippen molar-refractivity contribution in [1.82, 2.24) is 4.90 Å². The van der Waals surface area contributed by atoms with Crippen molar-refractivity contribution in [2.45, 2.75) is 6.92 Å². The monoisotopic (exact) mass is 184 g/mol. The number of carbonyl (C=O) groups is 1. The zero-order valence-corrected chi connectivity index (χ0v) is 7.90. The summed E-state index contributed by atoms with van der Waals surface area (Å²) in [6.45, 7) is 1.99. The highest BCUT2D eigenvalue weighted by molar-refractivity contribution is 5.87. The first-order valence-corrected chi connectivity index (χ1v) is 3.75. The maximum absolute atomic E-state index is 11.2. The quantitative estimate of drug-likeness (QED) is 0.272. The molecule has 0 heterocycles. The Morgan fingerprint density at radius 2 is 2.23 bits per heavy atom. The Balaban J connectivity index is 4.60. The highest BCUT2D eigenvalue weighted by Gasteiger charge is 2.11. The molecule has 0 rings (SSSR count). The number of rotatable bonds is 4. The van der Waals surface area contributed by atoms with E-state index in [1.165, 1.54) is 11.0 Å². The summed E-state index contributed by atoms with van der Waals surface area (Å²) >= 11 is 0. The van der Waals surface area contributed by atoms with Crippen LogP contribution in [0, 0.1) is 0 Å². The molecule has 0 bridgehead atoms. The van der Waals surface area contributed by atoms with Crippen LogP contribution in [0.4, 0.5) is 0 Å². The summed E-state index contributed by atoms with van der Waals surface area (Å²) in [7, 11) is 3.31. The number of nitrogens with zero attached hydrogens (tertiary/aromatic N) is 2. The summed E-state index contributed by atoms with van der Waals surface area (Å²) in [5.74, 6) is -0.508. The second kappa shape index (κ2) is 5.97. The Morgan fingerprint density at radius 1 is 1.62 bits per heavy atom. The predicted octanol–water partition coefficient (Wildman–Crippen LogP) is 0.288. The third-order valence-corrected chi connectivity index (χ3v) is 1.21. The summed E-state index contributed by atoms with van der Waals surface area (Å²) < 4.78 is 4.72.